The number of nitrogens with one attached hydrogen (secondary N) is 1. The van der Waals surface area contributed by atoms with Crippen LogP contribution in [-0.4, -0.2) is 35.7 Å². The average molecular weight is 534 g/mol. The van der Waals surface area contributed by atoms with Gasteiger partial charge in [-0.05, 0) is 73.4 Å². The third-order valence-electron chi connectivity index (χ3n) is 8.44. The number of ether oxygens (including phenoxy) is 2. The van der Waals surface area contributed by atoms with Crippen LogP contribution in [0.1, 0.15) is 81.4 Å². The monoisotopic (exact) mass is 533 g/mol. The highest BCUT2D eigenvalue weighted by Gasteiger charge is 2.34. The maximum atomic E-state index is 14.7. The van der Waals surface area contributed by atoms with E-state index in [0.717, 1.165) is 62.5 Å². The minimum Gasteiger partial charge on any atom is -0.493 e. The van der Waals surface area contributed by atoms with Gasteiger partial charge in [0.1, 0.15) is 17.7 Å². The van der Waals surface area contributed by atoms with Gasteiger partial charge in [-0.15, -0.1) is 0 Å². The molecular weight excluding hydrogens is 493 g/mol. The molecule has 0 spiro atoms. The smallest absolute Gasteiger partial charge is 0.243 e. The van der Waals surface area contributed by atoms with Crippen molar-refractivity contribution in [2.75, 3.05) is 14.2 Å². The van der Waals surface area contributed by atoms with Gasteiger partial charge in [0.15, 0.2) is 11.5 Å². The molecule has 39 heavy (non-hydrogen) atoms. The predicted octanol–water partition coefficient (Wildman–Crippen LogP) is 6.87. The van der Waals surface area contributed by atoms with Gasteiger partial charge in [-0.25, -0.2) is 9.37 Å². The van der Waals surface area contributed by atoms with E-state index < -0.39 is 0 Å². The van der Waals surface area contributed by atoms with Gasteiger partial charge in [-0.1, -0.05) is 50.7 Å². The normalized spacial score (nSPS) is 17.5. The molecule has 2 saturated carbocycles. The molecular formula is C32H40FN3O3. The molecule has 0 radical (unpaired) electrons. The third-order valence-corrected chi connectivity index (χ3v) is 8.44. The fraction of sp³-hybridized carbons (Fsp3) is 0.500. The summed E-state index contributed by atoms with van der Waals surface area (Å²) >= 11 is 0. The van der Waals surface area contributed by atoms with Crippen molar-refractivity contribution in [3.05, 3.63) is 65.7 Å². The molecule has 1 unspecified atom stereocenters. The van der Waals surface area contributed by atoms with Crippen LogP contribution in [0.4, 0.5) is 4.39 Å². The lowest BCUT2D eigenvalue weighted by molar-refractivity contribution is -0.127. The van der Waals surface area contributed by atoms with Crippen LogP contribution >= 0.6 is 0 Å². The highest BCUT2D eigenvalue weighted by Crippen LogP contribution is 2.37. The van der Waals surface area contributed by atoms with Crippen LogP contribution < -0.4 is 14.8 Å². The second-order valence-electron chi connectivity index (χ2n) is 11.0. The van der Waals surface area contributed by atoms with Crippen molar-refractivity contribution < 1.29 is 18.7 Å². The summed E-state index contributed by atoms with van der Waals surface area (Å²) in [5, 5.41) is 3.39. The highest BCUT2D eigenvalue weighted by molar-refractivity contribution is 5.82. The number of hydrogen-bond acceptors (Lipinski definition) is 4. The Bertz CT molecular complexity index is 1260. The van der Waals surface area contributed by atoms with Crippen LogP contribution in [-0.2, 0) is 11.2 Å². The van der Waals surface area contributed by atoms with Crippen molar-refractivity contribution in [1.29, 1.82) is 0 Å². The van der Waals surface area contributed by atoms with Crippen LogP contribution in [0.25, 0.3) is 11.4 Å². The number of hydrogen-bond donors (Lipinski definition) is 1. The number of methoxy groups -OCH3 is 2. The maximum Gasteiger partial charge on any atom is 0.243 e. The van der Waals surface area contributed by atoms with E-state index in [9.17, 15) is 9.18 Å². The van der Waals surface area contributed by atoms with Crippen LogP contribution in [0.5, 0.6) is 11.5 Å². The lowest BCUT2D eigenvalue weighted by Crippen LogP contribution is -2.43. The van der Waals surface area contributed by atoms with E-state index in [1.54, 1.807) is 26.5 Å². The molecule has 5 rings (SSSR count). The third kappa shape index (κ3) is 6.29. The molecule has 1 aromatic heterocycles. The Morgan fingerprint density at radius 1 is 0.974 bits per heavy atom. The molecule has 1 heterocycles. The molecule has 1 N–H and O–H groups in total. The Morgan fingerprint density at radius 2 is 1.69 bits per heavy atom. The molecule has 0 saturated heterocycles. The number of aromatic nitrogens is 2. The van der Waals surface area contributed by atoms with Crippen LogP contribution in [0.3, 0.4) is 0 Å². The van der Waals surface area contributed by atoms with Gasteiger partial charge in [0, 0.05) is 24.0 Å². The number of benzene rings is 2. The second-order valence-corrected chi connectivity index (χ2v) is 11.0. The first-order chi connectivity index (χ1) is 19.1. The van der Waals surface area contributed by atoms with Crippen molar-refractivity contribution in [3.8, 4) is 22.9 Å². The van der Waals surface area contributed by atoms with E-state index in [2.05, 4.69) is 5.32 Å². The zero-order valence-corrected chi connectivity index (χ0v) is 23.1. The van der Waals surface area contributed by atoms with Gasteiger partial charge in [-0.2, -0.15) is 0 Å². The van der Waals surface area contributed by atoms with Crippen molar-refractivity contribution >= 4 is 5.91 Å². The summed E-state index contributed by atoms with van der Waals surface area (Å²) in [7, 11) is 3.23. The number of rotatable bonds is 9. The van der Waals surface area contributed by atoms with E-state index in [1.165, 1.54) is 18.9 Å². The Labute approximate surface area is 230 Å². The largest absolute Gasteiger partial charge is 0.493 e. The fourth-order valence-corrected chi connectivity index (χ4v) is 6.42. The minimum atomic E-state index is -0.359. The minimum absolute atomic E-state index is 0.0749. The summed E-state index contributed by atoms with van der Waals surface area (Å²) in [5.74, 6) is 1.94. The molecule has 3 aromatic rings. The van der Waals surface area contributed by atoms with Gasteiger partial charge in [0.2, 0.25) is 5.91 Å². The first-order valence-electron chi connectivity index (χ1n) is 14.4. The summed E-state index contributed by atoms with van der Waals surface area (Å²) < 4.78 is 27.6. The molecule has 2 aromatic carbocycles. The van der Waals surface area contributed by atoms with Crippen LogP contribution in [0, 0.1) is 11.7 Å². The van der Waals surface area contributed by atoms with Crippen molar-refractivity contribution in [2.24, 2.45) is 5.92 Å². The Hall–Kier alpha value is -3.35. The van der Waals surface area contributed by atoms with E-state index in [4.69, 9.17) is 14.5 Å². The molecule has 1 amide bonds. The number of nitrogens with zero attached hydrogens (tertiary/aromatic N) is 2. The molecule has 1 atom stereocenters. The number of amides is 1. The van der Waals surface area contributed by atoms with Crippen molar-refractivity contribution in [1.82, 2.24) is 14.9 Å². The number of imidazole rings is 1. The number of carbonyl (C=O) groups is 1. The van der Waals surface area contributed by atoms with Gasteiger partial charge < -0.3 is 19.4 Å². The Kier molecular flexibility index (Phi) is 8.84. The Balaban J connectivity index is 1.50. The van der Waals surface area contributed by atoms with Crippen LogP contribution in [0.2, 0.25) is 0 Å². The maximum absolute atomic E-state index is 14.7. The number of halogens is 1. The molecule has 2 fully saturated rings. The first-order valence-corrected chi connectivity index (χ1v) is 14.4. The predicted molar refractivity (Wildman–Crippen MR) is 151 cm³/mol. The molecule has 0 aliphatic heterocycles. The SMILES string of the molecule is COc1ccc(Cc2ccc(F)cc2-c2nccn2C(C(=O)NC2CCCCC2)C2CCCCC2)cc1OC. The summed E-state index contributed by atoms with van der Waals surface area (Å²) in [6, 6.07) is 10.5. The standard InChI is InChI=1S/C32H40FN3O3/c1-38-28-16-13-22(20-29(28)39-2)19-24-14-15-25(33)21-27(24)31-34-17-18-36(31)30(23-9-5-3-6-10-23)32(37)35-26-11-7-4-8-12-26/h13-18,20-21,23,26,30H,3-12,19H2,1-2H3,(H,35,37). The molecule has 2 aliphatic rings. The van der Waals surface area contributed by atoms with E-state index >= 15 is 0 Å². The quantitative estimate of drug-likeness (QED) is 0.326. The fourth-order valence-electron chi connectivity index (χ4n) is 6.42. The van der Waals surface area contributed by atoms with Gasteiger partial charge in [0.05, 0.1) is 14.2 Å². The van der Waals surface area contributed by atoms with E-state index in [-0.39, 0.29) is 29.7 Å². The lowest BCUT2D eigenvalue weighted by atomic mass is 9.82. The summed E-state index contributed by atoms with van der Waals surface area (Å²) in [5.41, 5.74) is 2.66. The number of carbonyl (C=O) groups excluding carboxylic acids is 1. The molecule has 6 nitrogen and oxygen atoms in total. The summed E-state index contributed by atoms with van der Waals surface area (Å²) in [6.07, 6.45) is 15.4. The van der Waals surface area contributed by atoms with E-state index in [0.29, 0.717) is 29.3 Å². The van der Waals surface area contributed by atoms with Crippen molar-refractivity contribution in [2.45, 2.75) is 82.7 Å². The second kappa shape index (κ2) is 12.7. The lowest BCUT2D eigenvalue weighted by Gasteiger charge is -2.33. The topological polar surface area (TPSA) is 65.4 Å². The summed E-state index contributed by atoms with van der Waals surface area (Å²) in [6.45, 7) is 0. The average Bonchev–Trinajstić information content (AvgIpc) is 3.44. The highest BCUT2D eigenvalue weighted by atomic mass is 19.1. The molecule has 0 bridgehead atoms. The molecule has 2 aliphatic carbocycles. The summed E-state index contributed by atoms with van der Waals surface area (Å²) in [4.78, 5) is 18.6. The van der Waals surface area contributed by atoms with Crippen LogP contribution in [0.15, 0.2) is 48.8 Å². The van der Waals surface area contributed by atoms with Crippen molar-refractivity contribution in [3.63, 3.8) is 0 Å². The molecule has 7 heteroatoms. The zero-order chi connectivity index (χ0) is 27.2. The van der Waals surface area contributed by atoms with E-state index in [1.807, 2.05) is 35.0 Å². The van der Waals surface area contributed by atoms with Gasteiger partial charge >= 0.3 is 0 Å². The first kappa shape index (κ1) is 27.2. The molecule has 208 valence electrons. The van der Waals surface area contributed by atoms with Gasteiger partial charge in [0.25, 0.3) is 0 Å². The zero-order valence-electron chi connectivity index (χ0n) is 23.1. The Morgan fingerprint density at radius 3 is 2.41 bits per heavy atom. The van der Waals surface area contributed by atoms with Gasteiger partial charge in [-0.3, -0.25) is 4.79 Å².